The summed E-state index contributed by atoms with van der Waals surface area (Å²) < 4.78 is 0. The van der Waals surface area contributed by atoms with Crippen molar-refractivity contribution in [2.75, 3.05) is 5.32 Å². The van der Waals surface area contributed by atoms with E-state index in [2.05, 4.69) is 11.4 Å². The van der Waals surface area contributed by atoms with Crippen LogP contribution in [-0.4, -0.2) is 17.0 Å². The highest BCUT2D eigenvalue weighted by Gasteiger charge is 2.41. The summed E-state index contributed by atoms with van der Waals surface area (Å²) in [4.78, 5) is 23.0. The normalized spacial score (nSPS) is 24.4. The zero-order chi connectivity index (χ0) is 13.4. The van der Waals surface area contributed by atoms with E-state index in [1.807, 2.05) is 12.1 Å². The van der Waals surface area contributed by atoms with Crippen LogP contribution in [-0.2, 0) is 22.4 Å². The topological polar surface area (TPSA) is 66.4 Å². The van der Waals surface area contributed by atoms with E-state index in [-0.39, 0.29) is 11.8 Å². The number of benzene rings is 1. The lowest BCUT2D eigenvalue weighted by Gasteiger charge is -2.31. The first-order chi connectivity index (χ1) is 9.15. The molecular formula is C15H17NO3. The molecular weight excluding hydrogens is 242 g/mol. The number of hydrogen-bond acceptors (Lipinski definition) is 2. The van der Waals surface area contributed by atoms with Gasteiger partial charge in [-0.3, -0.25) is 9.59 Å². The number of carboxylic acid groups (broad SMARTS) is 1. The summed E-state index contributed by atoms with van der Waals surface area (Å²) in [5.41, 5.74) is 3.47. The zero-order valence-corrected chi connectivity index (χ0v) is 10.7. The summed E-state index contributed by atoms with van der Waals surface area (Å²) in [5.74, 6) is -1.89. The number of nitrogens with one attached hydrogen (secondary N) is 1. The zero-order valence-electron chi connectivity index (χ0n) is 10.7. The van der Waals surface area contributed by atoms with Gasteiger partial charge in [-0.1, -0.05) is 6.07 Å². The molecule has 100 valence electrons. The number of anilines is 1. The van der Waals surface area contributed by atoms with Gasteiger partial charge in [0.2, 0.25) is 5.91 Å². The van der Waals surface area contributed by atoms with E-state index in [0.717, 1.165) is 18.5 Å². The monoisotopic (exact) mass is 259 g/mol. The Morgan fingerprint density at radius 3 is 2.53 bits per heavy atom. The van der Waals surface area contributed by atoms with Gasteiger partial charge in [-0.25, -0.2) is 0 Å². The lowest BCUT2D eigenvalue weighted by molar-refractivity contribution is -0.151. The van der Waals surface area contributed by atoms with Crippen molar-refractivity contribution in [1.29, 1.82) is 0 Å². The Labute approximate surface area is 111 Å². The Balaban J connectivity index is 1.68. The van der Waals surface area contributed by atoms with Crippen molar-refractivity contribution in [2.45, 2.75) is 32.1 Å². The molecule has 2 aliphatic carbocycles. The molecule has 1 amide bonds. The number of aryl methyl sites for hydroxylation is 2. The molecule has 1 fully saturated rings. The number of fused-ring (bicyclic) bond motifs is 1. The molecule has 0 spiro atoms. The highest BCUT2D eigenvalue weighted by molar-refractivity contribution is 5.96. The number of carboxylic acids is 1. The molecule has 4 heteroatoms. The van der Waals surface area contributed by atoms with E-state index in [1.165, 1.54) is 17.5 Å². The molecule has 2 unspecified atom stereocenters. The van der Waals surface area contributed by atoms with Crippen LogP contribution in [0.3, 0.4) is 0 Å². The highest BCUT2D eigenvalue weighted by atomic mass is 16.4. The van der Waals surface area contributed by atoms with E-state index in [0.29, 0.717) is 12.8 Å². The number of amides is 1. The van der Waals surface area contributed by atoms with E-state index < -0.39 is 11.9 Å². The minimum absolute atomic E-state index is 0.156. The lowest BCUT2D eigenvalue weighted by atomic mass is 9.73. The smallest absolute Gasteiger partial charge is 0.307 e. The molecule has 1 aromatic rings. The molecule has 0 radical (unpaired) electrons. The second kappa shape index (κ2) is 4.68. The van der Waals surface area contributed by atoms with Crippen molar-refractivity contribution < 1.29 is 14.7 Å². The first kappa shape index (κ1) is 12.2. The summed E-state index contributed by atoms with van der Waals surface area (Å²) in [5, 5.41) is 11.8. The van der Waals surface area contributed by atoms with Gasteiger partial charge in [0.05, 0.1) is 11.8 Å². The first-order valence-corrected chi connectivity index (χ1v) is 6.80. The van der Waals surface area contributed by atoms with Gasteiger partial charge < -0.3 is 10.4 Å². The highest BCUT2D eigenvalue weighted by Crippen LogP contribution is 2.35. The maximum Gasteiger partial charge on any atom is 0.307 e. The van der Waals surface area contributed by atoms with Crippen LogP contribution in [0.15, 0.2) is 18.2 Å². The molecule has 0 heterocycles. The van der Waals surface area contributed by atoms with Crippen LogP contribution in [0, 0.1) is 11.8 Å². The Kier molecular flexibility index (Phi) is 3.01. The SMILES string of the molecule is O=C(O)C1CCC1C(=O)Nc1ccc2c(c1)CCC2. The van der Waals surface area contributed by atoms with Crippen molar-refractivity contribution in [1.82, 2.24) is 0 Å². The first-order valence-electron chi connectivity index (χ1n) is 6.80. The minimum Gasteiger partial charge on any atom is -0.481 e. The maximum absolute atomic E-state index is 12.0. The summed E-state index contributed by atoms with van der Waals surface area (Å²) in [6.45, 7) is 0. The van der Waals surface area contributed by atoms with Crippen LogP contribution in [0.1, 0.15) is 30.4 Å². The quantitative estimate of drug-likeness (QED) is 0.874. The molecule has 1 aromatic carbocycles. The molecule has 0 bridgehead atoms. The average Bonchev–Trinajstić information content (AvgIpc) is 2.73. The molecule has 0 aliphatic heterocycles. The fourth-order valence-electron chi connectivity index (χ4n) is 2.99. The third kappa shape index (κ3) is 2.23. The summed E-state index contributed by atoms with van der Waals surface area (Å²) in [6.07, 6.45) is 4.65. The predicted octanol–water partition coefficient (Wildman–Crippen LogP) is 2.22. The number of carbonyl (C=O) groups is 2. The standard InChI is InChI=1S/C15H17NO3/c17-14(12-6-7-13(12)15(18)19)16-11-5-4-9-2-1-3-10(9)8-11/h4-5,8,12-13H,1-3,6-7H2,(H,16,17)(H,18,19). The minimum atomic E-state index is -0.861. The number of hydrogen-bond donors (Lipinski definition) is 2. The Hall–Kier alpha value is -1.84. The Morgan fingerprint density at radius 2 is 1.84 bits per heavy atom. The van der Waals surface area contributed by atoms with Gasteiger partial charge in [0.15, 0.2) is 0 Å². The second-order valence-corrected chi connectivity index (χ2v) is 5.45. The Bertz CT molecular complexity index is 538. The Morgan fingerprint density at radius 1 is 1.11 bits per heavy atom. The van der Waals surface area contributed by atoms with Crippen molar-refractivity contribution in [2.24, 2.45) is 11.8 Å². The van der Waals surface area contributed by atoms with Crippen molar-refractivity contribution in [3.63, 3.8) is 0 Å². The third-order valence-corrected chi connectivity index (χ3v) is 4.29. The molecule has 2 N–H and O–H groups in total. The van der Waals surface area contributed by atoms with Gasteiger partial charge in [0, 0.05) is 5.69 Å². The third-order valence-electron chi connectivity index (χ3n) is 4.29. The van der Waals surface area contributed by atoms with Crippen molar-refractivity contribution >= 4 is 17.6 Å². The summed E-state index contributed by atoms with van der Waals surface area (Å²) in [7, 11) is 0. The van der Waals surface area contributed by atoms with Gasteiger partial charge in [-0.15, -0.1) is 0 Å². The van der Waals surface area contributed by atoms with Crippen molar-refractivity contribution in [3.8, 4) is 0 Å². The van der Waals surface area contributed by atoms with Gasteiger partial charge in [0.1, 0.15) is 0 Å². The van der Waals surface area contributed by atoms with Crippen LogP contribution in [0.25, 0.3) is 0 Å². The van der Waals surface area contributed by atoms with E-state index in [9.17, 15) is 9.59 Å². The van der Waals surface area contributed by atoms with Crippen LogP contribution in [0.2, 0.25) is 0 Å². The summed E-state index contributed by atoms with van der Waals surface area (Å²) >= 11 is 0. The predicted molar refractivity (Wildman–Crippen MR) is 70.9 cm³/mol. The number of rotatable bonds is 3. The fourth-order valence-corrected chi connectivity index (χ4v) is 2.99. The maximum atomic E-state index is 12.0. The lowest BCUT2D eigenvalue weighted by Crippen LogP contribution is -2.41. The molecule has 1 saturated carbocycles. The molecule has 2 atom stereocenters. The van der Waals surface area contributed by atoms with Crippen LogP contribution >= 0.6 is 0 Å². The van der Waals surface area contributed by atoms with Gasteiger partial charge in [0.25, 0.3) is 0 Å². The second-order valence-electron chi connectivity index (χ2n) is 5.45. The molecule has 4 nitrogen and oxygen atoms in total. The van der Waals surface area contributed by atoms with Crippen LogP contribution < -0.4 is 5.32 Å². The number of aliphatic carboxylic acids is 1. The van der Waals surface area contributed by atoms with E-state index >= 15 is 0 Å². The van der Waals surface area contributed by atoms with E-state index in [1.54, 1.807) is 0 Å². The van der Waals surface area contributed by atoms with Gasteiger partial charge in [-0.05, 0) is 55.4 Å². The van der Waals surface area contributed by atoms with Gasteiger partial charge >= 0.3 is 5.97 Å². The molecule has 0 aromatic heterocycles. The molecule has 2 aliphatic rings. The van der Waals surface area contributed by atoms with Crippen LogP contribution in [0.4, 0.5) is 5.69 Å². The molecule has 3 rings (SSSR count). The largest absolute Gasteiger partial charge is 0.481 e. The number of carbonyl (C=O) groups excluding carboxylic acids is 1. The summed E-state index contributed by atoms with van der Waals surface area (Å²) in [6, 6.07) is 6.00. The van der Waals surface area contributed by atoms with Crippen LogP contribution in [0.5, 0.6) is 0 Å². The fraction of sp³-hybridized carbons (Fsp3) is 0.467. The van der Waals surface area contributed by atoms with E-state index in [4.69, 9.17) is 5.11 Å². The average molecular weight is 259 g/mol. The van der Waals surface area contributed by atoms with Gasteiger partial charge in [-0.2, -0.15) is 0 Å². The molecule has 0 saturated heterocycles. The van der Waals surface area contributed by atoms with Crippen molar-refractivity contribution in [3.05, 3.63) is 29.3 Å². The molecule has 19 heavy (non-hydrogen) atoms.